The molecule has 0 aromatic heterocycles. The van der Waals surface area contributed by atoms with Crippen molar-refractivity contribution in [1.29, 1.82) is 0 Å². The molecular formula is C29H28N2O5. The van der Waals surface area contributed by atoms with Crippen molar-refractivity contribution < 1.29 is 24.2 Å². The minimum atomic E-state index is -0.856. The lowest BCUT2D eigenvalue weighted by molar-refractivity contribution is -0.132. The molecular weight excluding hydrogens is 456 g/mol. The van der Waals surface area contributed by atoms with Gasteiger partial charge in [-0.3, -0.25) is 19.3 Å². The normalized spacial score (nSPS) is 16.8. The van der Waals surface area contributed by atoms with E-state index in [0.29, 0.717) is 28.3 Å². The van der Waals surface area contributed by atoms with E-state index in [1.54, 1.807) is 49.6 Å². The van der Waals surface area contributed by atoms with Crippen LogP contribution in [0.5, 0.6) is 5.75 Å². The Kier molecular flexibility index (Phi) is 6.92. The summed E-state index contributed by atoms with van der Waals surface area (Å²) in [6.07, 6.45) is 0.838. The zero-order valence-electron chi connectivity index (χ0n) is 20.7. The molecule has 0 aliphatic carbocycles. The number of aliphatic hydroxyl groups is 1. The summed E-state index contributed by atoms with van der Waals surface area (Å²) in [5, 5.41) is 14.1. The van der Waals surface area contributed by atoms with E-state index in [1.807, 2.05) is 38.1 Å². The van der Waals surface area contributed by atoms with Crippen LogP contribution < -0.4 is 15.0 Å². The number of nitrogens with zero attached hydrogens (tertiary/aromatic N) is 1. The Balaban J connectivity index is 1.91. The summed E-state index contributed by atoms with van der Waals surface area (Å²) in [5.41, 5.74) is 3.90. The molecule has 0 radical (unpaired) electrons. The van der Waals surface area contributed by atoms with E-state index in [-0.39, 0.29) is 17.2 Å². The lowest BCUT2D eigenvalue weighted by Gasteiger charge is -2.26. The van der Waals surface area contributed by atoms with Gasteiger partial charge in [-0.05, 0) is 66.4 Å². The van der Waals surface area contributed by atoms with Crippen molar-refractivity contribution in [3.8, 4) is 5.75 Å². The van der Waals surface area contributed by atoms with E-state index < -0.39 is 17.7 Å². The van der Waals surface area contributed by atoms with Gasteiger partial charge in [0.15, 0.2) is 0 Å². The van der Waals surface area contributed by atoms with Gasteiger partial charge in [-0.25, -0.2) is 0 Å². The number of carbonyl (C=O) groups is 3. The van der Waals surface area contributed by atoms with Crippen LogP contribution in [0.3, 0.4) is 0 Å². The molecule has 2 N–H and O–H groups in total. The van der Waals surface area contributed by atoms with Gasteiger partial charge in [0.05, 0.1) is 18.7 Å². The molecule has 1 heterocycles. The summed E-state index contributed by atoms with van der Waals surface area (Å²) in [6.45, 7) is 5.27. The molecule has 3 aromatic carbocycles. The van der Waals surface area contributed by atoms with Gasteiger partial charge < -0.3 is 15.2 Å². The molecule has 1 fully saturated rings. The van der Waals surface area contributed by atoms with Crippen LogP contribution in [0, 0.1) is 6.92 Å². The van der Waals surface area contributed by atoms with Crippen LogP contribution >= 0.6 is 0 Å². The minimum absolute atomic E-state index is 0.00116. The first-order valence-corrected chi connectivity index (χ1v) is 11.7. The summed E-state index contributed by atoms with van der Waals surface area (Å²) < 4.78 is 5.31. The van der Waals surface area contributed by atoms with Crippen LogP contribution in [0.25, 0.3) is 5.76 Å². The van der Waals surface area contributed by atoms with Crippen molar-refractivity contribution in [3.63, 3.8) is 0 Å². The van der Waals surface area contributed by atoms with E-state index in [2.05, 4.69) is 5.32 Å². The van der Waals surface area contributed by atoms with E-state index in [4.69, 9.17) is 4.74 Å². The van der Waals surface area contributed by atoms with Crippen LogP contribution in [0.15, 0.2) is 72.3 Å². The average molecular weight is 485 g/mol. The average Bonchev–Trinajstić information content (AvgIpc) is 3.13. The van der Waals surface area contributed by atoms with Crippen molar-refractivity contribution in [1.82, 2.24) is 0 Å². The Bertz CT molecular complexity index is 1370. The Morgan fingerprint density at radius 1 is 1.06 bits per heavy atom. The van der Waals surface area contributed by atoms with Crippen molar-refractivity contribution in [2.45, 2.75) is 33.2 Å². The molecule has 1 saturated heterocycles. The van der Waals surface area contributed by atoms with Gasteiger partial charge in [0.25, 0.3) is 11.7 Å². The highest BCUT2D eigenvalue weighted by Gasteiger charge is 2.47. The fraction of sp³-hybridized carbons (Fsp3) is 0.207. The van der Waals surface area contributed by atoms with E-state index >= 15 is 0 Å². The zero-order valence-corrected chi connectivity index (χ0v) is 20.7. The number of hydrogen-bond acceptors (Lipinski definition) is 5. The molecule has 1 atom stereocenters. The molecule has 1 aliphatic heterocycles. The maximum atomic E-state index is 13.4. The predicted molar refractivity (Wildman–Crippen MR) is 139 cm³/mol. The number of aryl methyl sites for hydroxylation is 2. The van der Waals surface area contributed by atoms with Gasteiger partial charge in [0.1, 0.15) is 11.5 Å². The number of amides is 2. The van der Waals surface area contributed by atoms with Crippen molar-refractivity contribution in [2.75, 3.05) is 17.3 Å². The molecule has 0 spiro atoms. The third-order valence-corrected chi connectivity index (χ3v) is 6.26. The Hall–Kier alpha value is -4.39. The molecule has 1 unspecified atom stereocenters. The number of carbonyl (C=O) groups excluding carboxylic acids is 3. The van der Waals surface area contributed by atoms with Crippen LogP contribution in [-0.4, -0.2) is 29.8 Å². The van der Waals surface area contributed by atoms with Gasteiger partial charge in [-0.15, -0.1) is 0 Å². The van der Waals surface area contributed by atoms with Crippen LogP contribution in [0.1, 0.15) is 42.1 Å². The van der Waals surface area contributed by atoms with Crippen molar-refractivity contribution in [2.24, 2.45) is 0 Å². The summed E-state index contributed by atoms with van der Waals surface area (Å²) in [6, 6.07) is 18.6. The lowest BCUT2D eigenvalue weighted by Crippen LogP contribution is -2.29. The Morgan fingerprint density at radius 2 is 1.78 bits per heavy atom. The van der Waals surface area contributed by atoms with Gasteiger partial charge in [0.2, 0.25) is 5.91 Å². The van der Waals surface area contributed by atoms with Gasteiger partial charge >= 0.3 is 0 Å². The molecule has 1 aliphatic rings. The number of benzene rings is 3. The highest BCUT2D eigenvalue weighted by atomic mass is 16.5. The summed E-state index contributed by atoms with van der Waals surface area (Å²) in [7, 11) is 1.56. The maximum absolute atomic E-state index is 13.4. The lowest BCUT2D eigenvalue weighted by atomic mass is 9.94. The Labute approximate surface area is 210 Å². The van der Waals surface area contributed by atoms with Crippen molar-refractivity contribution >= 4 is 34.7 Å². The second-order valence-electron chi connectivity index (χ2n) is 8.68. The number of rotatable bonds is 6. The molecule has 3 aromatic rings. The molecule has 0 bridgehead atoms. The second-order valence-corrected chi connectivity index (χ2v) is 8.68. The largest absolute Gasteiger partial charge is 0.507 e. The number of Topliss-reactive ketones (excluding diaryl/α,β-unsaturated/α-hetero) is 1. The summed E-state index contributed by atoms with van der Waals surface area (Å²) >= 11 is 0. The highest BCUT2D eigenvalue weighted by Crippen LogP contribution is 2.43. The molecule has 184 valence electrons. The highest BCUT2D eigenvalue weighted by molar-refractivity contribution is 6.51. The van der Waals surface area contributed by atoms with Gasteiger partial charge in [-0.2, -0.15) is 0 Å². The summed E-state index contributed by atoms with van der Waals surface area (Å²) in [4.78, 5) is 39.7. The van der Waals surface area contributed by atoms with Crippen LogP contribution in [0.4, 0.5) is 11.4 Å². The molecule has 7 heteroatoms. The third kappa shape index (κ3) is 4.60. The van der Waals surface area contributed by atoms with Crippen LogP contribution in [-0.2, 0) is 20.8 Å². The van der Waals surface area contributed by atoms with Gasteiger partial charge in [-0.1, -0.05) is 37.3 Å². The molecule has 36 heavy (non-hydrogen) atoms. The quantitative estimate of drug-likeness (QED) is 0.287. The first-order valence-electron chi connectivity index (χ1n) is 11.7. The summed E-state index contributed by atoms with van der Waals surface area (Å²) in [5.74, 6) is -1.41. The number of ether oxygens (including phenoxy) is 1. The first kappa shape index (κ1) is 24.7. The maximum Gasteiger partial charge on any atom is 0.300 e. The van der Waals surface area contributed by atoms with Crippen LogP contribution in [0.2, 0.25) is 0 Å². The van der Waals surface area contributed by atoms with E-state index in [1.165, 1.54) is 11.8 Å². The standard InChI is InChI=1S/C29H28N2O5/c1-5-19-9-11-20(12-10-19)26-25(27(33)21-13-14-24(36-4)17(2)15-21)28(34)29(35)31(26)23-8-6-7-22(16-23)30-18(3)32/h6-16,26,33H,5H2,1-4H3,(H,30,32)/b27-25+. The molecule has 4 rings (SSSR count). The monoisotopic (exact) mass is 484 g/mol. The number of anilines is 2. The number of nitrogens with one attached hydrogen (secondary N) is 1. The number of methoxy groups -OCH3 is 1. The Morgan fingerprint density at radius 3 is 2.39 bits per heavy atom. The SMILES string of the molecule is CCc1ccc(C2/C(=C(\O)c3ccc(OC)c(C)c3)C(=O)C(=O)N2c2cccc(NC(C)=O)c2)cc1. The minimum Gasteiger partial charge on any atom is -0.507 e. The van der Waals surface area contributed by atoms with E-state index in [0.717, 1.165) is 17.5 Å². The molecule has 2 amide bonds. The van der Waals surface area contributed by atoms with E-state index in [9.17, 15) is 19.5 Å². The second kappa shape index (κ2) is 10.1. The topological polar surface area (TPSA) is 95.9 Å². The number of aliphatic hydroxyl groups excluding tert-OH is 1. The zero-order chi connectivity index (χ0) is 26.0. The fourth-order valence-electron chi connectivity index (χ4n) is 4.47. The molecule has 0 saturated carbocycles. The third-order valence-electron chi connectivity index (χ3n) is 6.26. The fourth-order valence-corrected chi connectivity index (χ4v) is 4.47. The van der Waals surface area contributed by atoms with Gasteiger partial charge in [0, 0.05) is 23.9 Å². The predicted octanol–water partition coefficient (Wildman–Crippen LogP) is 5.15. The number of ketones is 1. The number of hydrogen-bond donors (Lipinski definition) is 2. The van der Waals surface area contributed by atoms with Crippen molar-refractivity contribution in [3.05, 3.63) is 94.6 Å². The first-order chi connectivity index (χ1) is 17.2. The molecule has 7 nitrogen and oxygen atoms in total. The smallest absolute Gasteiger partial charge is 0.300 e.